The molecule has 2 aliphatic rings. The molecule has 0 radical (unpaired) electrons. The lowest BCUT2D eigenvalue weighted by Gasteiger charge is -2.17. The fourth-order valence-electron chi connectivity index (χ4n) is 3.59. The van der Waals surface area contributed by atoms with Gasteiger partial charge in [-0.05, 0) is 48.9 Å². The number of hydrogen-bond donors (Lipinski definition) is 0. The van der Waals surface area contributed by atoms with Crippen LogP contribution in [0.15, 0.2) is 55.1 Å². The van der Waals surface area contributed by atoms with Crippen molar-refractivity contribution in [2.24, 2.45) is 0 Å². The second-order valence-electron chi connectivity index (χ2n) is 7.34. The first-order chi connectivity index (χ1) is 16.0. The maximum Gasteiger partial charge on any atom is 0.343 e. The molecule has 9 nitrogen and oxygen atoms in total. The Balaban J connectivity index is 1.41. The molecule has 0 amide bonds. The van der Waals surface area contributed by atoms with Crippen LogP contribution in [0.5, 0.6) is 17.2 Å². The number of esters is 3. The molecule has 2 fully saturated rings. The summed E-state index contributed by atoms with van der Waals surface area (Å²) in [6.07, 6.45) is 1.07. The number of benzene rings is 2. The summed E-state index contributed by atoms with van der Waals surface area (Å²) in [6.45, 7) is 4.19. The second-order valence-corrected chi connectivity index (χ2v) is 7.34. The molecule has 2 heterocycles. The van der Waals surface area contributed by atoms with E-state index in [9.17, 15) is 14.4 Å². The minimum atomic E-state index is -0.655. The molecule has 2 saturated heterocycles. The minimum Gasteiger partial charge on any atom is -0.493 e. The van der Waals surface area contributed by atoms with Gasteiger partial charge in [0, 0.05) is 12.7 Å². The van der Waals surface area contributed by atoms with E-state index in [4.69, 9.17) is 28.4 Å². The smallest absolute Gasteiger partial charge is 0.343 e. The van der Waals surface area contributed by atoms with Gasteiger partial charge in [-0.1, -0.05) is 6.58 Å². The molecule has 0 saturated carbocycles. The van der Waals surface area contributed by atoms with E-state index in [0.29, 0.717) is 13.2 Å². The van der Waals surface area contributed by atoms with E-state index in [-0.39, 0.29) is 40.6 Å². The first-order valence-electron chi connectivity index (χ1n) is 10.3. The molecule has 0 aliphatic carbocycles. The van der Waals surface area contributed by atoms with Gasteiger partial charge in [-0.25, -0.2) is 14.4 Å². The van der Waals surface area contributed by atoms with Crippen molar-refractivity contribution in [3.63, 3.8) is 0 Å². The molecule has 2 aromatic carbocycles. The summed E-state index contributed by atoms with van der Waals surface area (Å²) in [6, 6.07) is 10.2. The highest BCUT2D eigenvalue weighted by atomic mass is 16.6. The Morgan fingerprint density at radius 3 is 2.45 bits per heavy atom. The van der Waals surface area contributed by atoms with Crippen LogP contribution in [0, 0.1) is 0 Å². The third-order valence-corrected chi connectivity index (χ3v) is 5.26. The van der Waals surface area contributed by atoms with Gasteiger partial charge in [0.05, 0.1) is 30.9 Å². The molecule has 9 heteroatoms. The van der Waals surface area contributed by atoms with E-state index in [1.165, 1.54) is 49.6 Å². The van der Waals surface area contributed by atoms with E-state index in [1.54, 1.807) is 0 Å². The lowest BCUT2D eigenvalue weighted by molar-refractivity contribution is -0.128. The maximum absolute atomic E-state index is 12.6. The molecule has 3 unspecified atom stereocenters. The van der Waals surface area contributed by atoms with E-state index in [0.717, 1.165) is 12.5 Å². The summed E-state index contributed by atoms with van der Waals surface area (Å²) < 4.78 is 32.4. The first-order valence-corrected chi connectivity index (χ1v) is 10.3. The van der Waals surface area contributed by atoms with Crippen LogP contribution in [0.25, 0.3) is 0 Å². The predicted octanol–water partition coefficient (Wildman–Crippen LogP) is 2.72. The molecular formula is C24H22O9. The number of rotatable bonds is 7. The van der Waals surface area contributed by atoms with Gasteiger partial charge in [-0.3, -0.25) is 0 Å². The molecule has 33 heavy (non-hydrogen) atoms. The van der Waals surface area contributed by atoms with E-state index in [2.05, 4.69) is 6.58 Å². The van der Waals surface area contributed by atoms with Crippen molar-refractivity contribution in [2.45, 2.75) is 24.7 Å². The fourth-order valence-corrected chi connectivity index (χ4v) is 3.59. The molecule has 0 spiro atoms. The average molecular weight is 454 g/mol. The third kappa shape index (κ3) is 5.05. The zero-order chi connectivity index (χ0) is 23.4. The topological polar surface area (TPSA) is 107 Å². The van der Waals surface area contributed by atoms with Crippen molar-refractivity contribution in [3.8, 4) is 17.2 Å². The SMILES string of the molecule is C=CC(=O)Oc1ccc(C(=O)Oc2ccc(C(=O)OC3COC4CCOC43)cc2OC)cc1. The predicted molar refractivity (Wildman–Crippen MR) is 114 cm³/mol. The highest BCUT2D eigenvalue weighted by Crippen LogP contribution is 2.31. The van der Waals surface area contributed by atoms with Crippen molar-refractivity contribution in [1.82, 2.24) is 0 Å². The highest BCUT2D eigenvalue weighted by Gasteiger charge is 2.44. The van der Waals surface area contributed by atoms with Gasteiger partial charge in [-0.15, -0.1) is 0 Å². The summed E-state index contributed by atoms with van der Waals surface area (Å²) in [7, 11) is 1.40. The quantitative estimate of drug-likeness (QED) is 0.355. The monoisotopic (exact) mass is 454 g/mol. The number of carbonyl (C=O) groups excluding carboxylic acids is 3. The van der Waals surface area contributed by atoms with Crippen molar-refractivity contribution < 1.29 is 42.8 Å². The van der Waals surface area contributed by atoms with Crippen LogP contribution in [0.1, 0.15) is 27.1 Å². The fraction of sp³-hybridized carbons (Fsp3) is 0.292. The van der Waals surface area contributed by atoms with E-state index < -0.39 is 24.0 Å². The van der Waals surface area contributed by atoms with Crippen LogP contribution in [-0.2, 0) is 19.0 Å². The zero-order valence-corrected chi connectivity index (χ0v) is 17.9. The van der Waals surface area contributed by atoms with Crippen LogP contribution in [0.2, 0.25) is 0 Å². The van der Waals surface area contributed by atoms with Gasteiger partial charge in [0.1, 0.15) is 11.9 Å². The summed E-state index contributed by atoms with van der Waals surface area (Å²) >= 11 is 0. The lowest BCUT2D eigenvalue weighted by Crippen LogP contribution is -2.32. The lowest BCUT2D eigenvalue weighted by atomic mass is 10.1. The normalized spacial score (nSPS) is 21.1. The number of carbonyl (C=O) groups is 3. The largest absolute Gasteiger partial charge is 0.493 e. The second kappa shape index (κ2) is 9.85. The van der Waals surface area contributed by atoms with E-state index in [1.807, 2.05) is 0 Å². The Hall–Kier alpha value is -3.69. The Morgan fingerprint density at radius 1 is 0.970 bits per heavy atom. The third-order valence-electron chi connectivity index (χ3n) is 5.26. The molecular weight excluding hydrogens is 432 g/mol. The first kappa shape index (κ1) is 22.5. The van der Waals surface area contributed by atoms with Crippen LogP contribution in [0.4, 0.5) is 0 Å². The molecule has 0 N–H and O–H groups in total. The Bertz CT molecular complexity index is 1060. The molecule has 4 rings (SSSR count). The van der Waals surface area contributed by atoms with Crippen LogP contribution in [0.3, 0.4) is 0 Å². The van der Waals surface area contributed by atoms with Crippen molar-refractivity contribution in [3.05, 3.63) is 66.2 Å². The van der Waals surface area contributed by atoms with Gasteiger partial charge in [0.2, 0.25) is 0 Å². The van der Waals surface area contributed by atoms with E-state index >= 15 is 0 Å². The van der Waals surface area contributed by atoms with Crippen molar-refractivity contribution in [2.75, 3.05) is 20.3 Å². The highest BCUT2D eigenvalue weighted by molar-refractivity contribution is 5.93. The Labute approximate surface area is 189 Å². The summed E-state index contributed by atoms with van der Waals surface area (Å²) in [5.41, 5.74) is 0.466. The molecule has 3 atom stereocenters. The number of methoxy groups -OCH3 is 1. The summed E-state index contributed by atoms with van der Waals surface area (Å²) in [5.74, 6) is -1.24. The molecule has 172 valence electrons. The Kier molecular flexibility index (Phi) is 6.71. The molecule has 0 aromatic heterocycles. The Morgan fingerprint density at radius 2 is 1.73 bits per heavy atom. The van der Waals surface area contributed by atoms with Crippen LogP contribution >= 0.6 is 0 Å². The number of fused-ring (bicyclic) bond motifs is 1. The van der Waals surface area contributed by atoms with Crippen molar-refractivity contribution >= 4 is 17.9 Å². The number of ether oxygens (including phenoxy) is 6. The average Bonchev–Trinajstić information content (AvgIpc) is 3.44. The molecule has 2 aromatic rings. The van der Waals surface area contributed by atoms with Crippen molar-refractivity contribution in [1.29, 1.82) is 0 Å². The van der Waals surface area contributed by atoms with Gasteiger partial charge < -0.3 is 28.4 Å². The summed E-state index contributed by atoms with van der Waals surface area (Å²) in [4.78, 5) is 36.4. The standard InChI is InChI=1S/C24H22O9/c1-3-21(25)31-16-7-4-14(5-8-16)23(26)32-17-9-6-15(12-19(17)28-2)24(27)33-20-13-30-18-10-11-29-22(18)20/h3-9,12,18,20,22H,1,10-11,13H2,2H3. The molecule has 0 bridgehead atoms. The zero-order valence-electron chi connectivity index (χ0n) is 17.9. The summed E-state index contributed by atoms with van der Waals surface area (Å²) in [5, 5.41) is 0. The van der Waals surface area contributed by atoms with Gasteiger partial charge in [0.15, 0.2) is 17.6 Å². The van der Waals surface area contributed by atoms with Gasteiger partial charge in [-0.2, -0.15) is 0 Å². The van der Waals surface area contributed by atoms with Crippen LogP contribution in [-0.4, -0.2) is 56.5 Å². The van der Waals surface area contributed by atoms with Gasteiger partial charge in [0.25, 0.3) is 0 Å². The van der Waals surface area contributed by atoms with Gasteiger partial charge >= 0.3 is 17.9 Å². The maximum atomic E-state index is 12.6. The number of hydrogen-bond acceptors (Lipinski definition) is 9. The minimum absolute atomic E-state index is 0.0396. The van der Waals surface area contributed by atoms with Crippen LogP contribution < -0.4 is 14.2 Å². The molecule has 2 aliphatic heterocycles.